The van der Waals surface area contributed by atoms with Crippen molar-refractivity contribution in [2.75, 3.05) is 12.8 Å². The van der Waals surface area contributed by atoms with Gasteiger partial charge in [0.05, 0.1) is 7.11 Å². The highest BCUT2D eigenvalue weighted by Gasteiger charge is 2.06. The van der Waals surface area contributed by atoms with Crippen LogP contribution in [-0.4, -0.2) is 11.3 Å². The van der Waals surface area contributed by atoms with E-state index in [2.05, 4.69) is 0 Å². The molecule has 0 bridgehead atoms. The van der Waals surface area contributed by atoms with Crippen LogP contribution >= 0.6 is 11.6 Å². The molecule has 0 saturated carbocycles. The molecule has 3 nitrogen and oxygen atoms in total. The first kappa shape index (κ1) is 14.9. The molecular weight excluding hydrogens is 294 g/mol. The molecule has 0 radical (unpaired) electrons. The van der Waals surface area contributed by atoms with Crippen LogP contribution in [0.25, 0.3) is 0 Å². The van der Waals surface area contributed by atoms with Crippen LogP contribution in [0.2, 0.25) is 5.02 Å². The maximum atomic E-state index is 12.2. The highest BCUT2D eigenvalue weighted by Crippen LogP contribution is 2.20. The van der Waals surface area contributed by atoms with Gasteiger partial charge in [0.15, 0.2) is 0 Å². The second-order valence-electron chi connectivity index (χ2n) is 4.47. The molecule has 1 atom stereocenters. The number of benzene rings is 2. The van der Waals surface area contributed by atoms with Crippen LogP contribution < -0.4 is 10.5 Å². The van der Waals surface area contributed by atoms with Crippen molar-refractivity contribution in [1.82, 2.24) is 0 Å². The number of nitrogen functional groups attached to an aromatic ring is 1. The number of anilines is 1. The van der Waals surface area contributed by atoms with Crippen LogP contribution in [0.1, 0.15) is 11.1 Å². The summed E-state index contributed by atoms with van der Waals surface area (Å²) in [4.78, 5) is 0. The third kappa shape index (κ3) is 4.25. The Balaban J connectivity index is 2.04. The van der Waals surface area contributed by atoms with Crippen LogP contribution in [-0.2, 0) is 22.3 Å². The second-order valence-corrected chi connectivity index (χ2v) is 6.36. The molecule has 0 amide bonds. The van der Waals surface area contributed by atoms with Crippen molar-refractivity contribution in [2.45, 2.75) is 11.5 Å². The lowest BCUT2D eigenvalue weighted by Gasteiger charge is -2.07. The van der Waals surface area contributed by atoms with E-state index < -0.39 is 10.8 Å². The molecule has 2 aromatic rings. The summed E-state index contributed by atoms with van der Waals surface area (Å²) in [6, 6.07) is 12.8. The molecule has 0 spiro atoms. The van der Waals surface area contributed by atoms with Gasteiger partial charge >= 0.3 is 0 Å². The topological polar surface area (TPSA) is 52.3 Å². The zero-order valence-corrected chi connectivity index (χ0v) is 12.7. The predicted molar refractivity (Wildman–Crippen MR) is 84.4 cm³/mol. The summed E-state index contributed by atoms with van der Waals surface area (Å²) in [5.41, 5.74) is 8.31. The van der Waals surface area contributed by atoms with Gasteiger partial charge in [-0.25, -0.2) is 0 Å². The molecule has 0 aromatic heterocycles. The zero-order valence-electron chi connectivity index (χ0n) is 11.1. The van der Waals surface area contributed by atoms with Crippen molar-refractivity contribution in [3.05, 3.63) is 58.6 Å². The quantitative estimate of drug-likeness (QED) is 0.861. The molecule has 0 heterocycles. The van der Waals surface area contributed by atoms with Crippen LogP contribution in [0.4, 0.5) is 5.69 Å². The van der Waals surface area contributed by atoms with Crippen LogP contribution in [0.5, 0.6) is 5.75 Å². The Morgan fingerprint density at radius 1 is 1.10 bits per heavy atom. The van der Waals surface area contributed by atoms with E-state index in [4.69, 9.17) is 22.1 Å². The number of methoxy groups -OCH3 is 1. The predicted octanol–water partition coefficient (Wildman–Crippen LogP) is 3.38. The minimum atomic E-state index is -1.00. The molecule has 20 heavy (non-hydrogen) atoms. The zero-order chi connectivity index (χ0) is 14.5. The van der Waals surface area contributed by atoms with E-state index in [0.717, 1.165) is 11.1 Å². The fourth-order valence-corrected chi connectivity index (χ4v) is 3.22. The van der Waals surface area contributed by atoms with Gasteiger partial charge in [0.2, 0.25) is 0 Å². The SMILES string of the molecule is COc1cc(N)cc(CS(=O)Cc2ccc(Cl)cc2)c1. The Morgan fingerprint density at radius 2 is 1.75 bits per heavy atom. The summed E-state index contributed by atoms with van der Waals surface area (Å²) in [6.07, 6.45) is 0. The van der Waals surface area contributed by atoms with Gasteiger partial charge in [-0.15, -0.1) is 0 Å². The Morgan fingerprint density at radius 3 is 2.40 bits per heavy atom. The van der Waals surface area contributed by atoms with Gasteiger partial charge in [0.25, 0.3) is 0 Å². The summed E-state index contributed by atoms with van der Waals surface area (Å²) in [6.45, 7) is 0. The first-order chi connectivity index (χ1) is 9.56. The van der Waals surface area contributed by atoms with Gasteiger partial charge in [0.1, 0.15) is 5.75 Å². The fourth-order valence-electron chi connectivity index (χ4n) is 1.89. The van der Waals surface area contributed by atoms with Gasteiger partial charge in [-0.3, -0.25) is 4.21 Å². The molecule has 0 aliphatic carbocycles. The van der Waals surface area contributed by atoms with Gasteiger partial charge in [-0.2, -0.15) is 0 Å². The molecular formula is C15H16ClNO2S. The average Bonchev–Trinajstić information content (AvgIpc) is 2.40. The minimum Gasteiger partial charge on any atom is -0.497 e. The van der Waals surface area contributed by atoms with Crippen LogP contribution in [0.15, 0.2) is 42.5 Å². The average molecular weight is 310 g/mol. The number of hydrogen-bond donors (Lipinski definition) is 1. The van der Waals surface area contributed by atoms with Gasteiger partial charge in [-0.05, 0) is 35.4 Å². The maximum absolute atomic E-state index is 12.2. The number of nitrogens with two attached hydrogens (primary N) is 1. The Kier molecular flexibility index (Phi) is 5.04. The van der Waals surface area contributed by atoms with Crippen molar-refractivity contribution in [2.24, 2.45) is 0 Å². The highest BCUT2D eigenvalue weighted by atomic mass is 35.5. The van der Waals surface area contributed by atoms with E-state index in [-0.39, 0.29) is 0 Å². The summed E-state index contributed by atoms with van der Waals surface area (Å²) in [7, 11) is 0.585. The van der Waals surface area contributed by atoms with Crippen molar-refractivity contribution in [3.8, 4) is 5.75 Å². The van der Waals surface area contributed by atoms with Crippen molar-refractivity contribution < 1.29 is 8.95 Å². The second kappa shape index (κ2) is 6.77. The number of rotatable bonds is 5. The maximum Gasteiger partial charge on any atom is 0.121 e. The van der Waals surface area contributed by atoms with Crippen molar-refractivity contribution in [3.63, 3.8) is 0 Å². The summed E-state index contributed by atoms with van der Waals surface area (Å²) in [5.74, 6) is 1.63. The monoisotopic (exact) mass is 309 g/mol. The minimum absolute atomic E-state index is 0.448. The number of halogens is 1. The molecule has 2 aromatic carbocycles. The third-order valence-electron chi connectivity index (χ3n) is 2.79. The Hall–Kier alpha value is -1.52. The molecule has 2 rings (SSSR count). The molecule has 1 unspecified atom stereocenters. The van der Waals surface area contributed by atoms with Crippen LogP contribution in [0, 0.1) is 0 Å². The van der Waals surface area contributed by atoms with E-state index in [1.54, 1.807) is 25.3 Å². The van der Waals surface area contributed by atoms with E-state index >= 15 is 0 Å². The smallest absolute Gasteiger partial charge is 0.121 e. The lowest BCUT2D eigenvalue weighted by atomic mass is 10.2. The normalized spacial score (nSPS) is 12.1. The molecule has 0 saturated heterocycles. The molecule has 0 fully saturated rings. The van der Waals surface area contributed by atoms with E-state index in [1.165, 1.54) is 0 Å². The lowest BCUT2D eigenvalue weighted by Crippen LogP contribution is -2.01. The Labute approximate surface area is 126 Å². The fraction of sp³-hybridized carbons (Fsp3) is 0.200. The van der Waals surface area contributed by atoms with E-state index in [0.29, 0.717) is 28.0 Å². The standard InChI is InChI=1S/C15H16ClNO2S/c1-19-15-7-12(6-14(17)8-15)10-20(18)9-11-2-4-13(16)5-3-11/h2-8H,9-10,17H2,1H3. The van der Waals surface area contributed by atoms with Crippen molar-refractivity contribution >= 4 is 28.1 Å². The van der Waals surface area contributed by atoms with Crippen molar-refractivity contribution in [1.29, 1.82) is 0 Å². The number of hydrogen-bond acceptors (Lipinski definition) is 3. The molecule has 0 aliphatic heterocycles. The molecule has 106 valence electrons. The van der Waals surface area contributed by atoms with Gasteiger partial charge < -0.3 is 10.5 Å². The van der Waals surface area contributed by atoms with E-state index in [9.17, 15) is 4.21 Å². The summed E-state index contributed by atoms with van der Waals surface area (Å²) < 4.78 is 17.3. The first-order valence-corrected chi connectivity index (χ1v) is 7.96. The van der Waals surface area contributed by atoms with E-state index in [1.807, 2.05) is 24.3 Å². The largest absolute Gasteiger partial charge is 0.497 e. The summed E-state index contributed by atoms with van der Waals surface area (Å²) >= 11 is 5.83. The van der Waals surface area contributed by atoms with Gasteiger partial charge in [0, 0.05) is 39.1 Å². The number of ether oxygens (including phenoxy) is 1. The third-order valence-corrected chi connectivity index (χ3v) is 4.36. The lowest BCUT2D eigenvalue weighted by molar-refractivity contribution is 0.414. The molecule has 5 heteroatoms. The highest BCUT2D eigenvalue weighted by molar-refractivity contribution is 7.83. The first-order valence-electron chi connectivity index (χ1n) is 6.09. The Bertz CT molecular complexity index is 614. The molecule has 2 N–H and O–H groups in total. The molecule has 0 aliphatic rings. The van der Waals surface area contributed by atoms with Gasteiger partial charge in [-0.1, -0.05) is 23.7 Å². The van der Waals surface area contributed by atoms with Crippen LogP contribution in [0.3, 0.4) is 0 Å². The summed E-state index contributed by atoms with van der Waals surface area (Å²) in [5, 5.41) is 0.681.